The molecule has 0 atom stereocenters. The molecule has 1 heterocycles. The average Bonchev–Trinajstić information content (AvgIpc) is 2.68. The van der Waals surface area contributed by atoms with E-state index in [1.165, 1.54) is 18.6 Å². The van der Waals surface area contributed by atoms with Crippen LogP contribution in [0.3, 0.4) is 0 Å². The summed E-state index contributed by atoms with van der Waals surface area (Å²) in [6, 6.07) is 14.4. The SMILES string of the molecule is COc1ccc(COc2ccccc2NC(=O)Nc2cnccn2)cc1. The molecule has 1 aromatic heterocycles. The number of rotatable bonds is 6. The largest absolute Gasteiger partial charge is 0.497 e. The molecule has 0 aliphatic heterocycles. The minimum Gasteiger partial charge on any atom is -0.497 e. The predicted octanol–water partition coefficient (Wildman–Crippen LogP) is 3.71. The molecule has 0 fully saturated rings. The van der Waals surface area contributed by atoms with E-state index in [4.69, 9.17) is 9.47 Å². The van der Waals surface area contributed by atoms with Crippen molar-refractivity contribution in [1.29, 1.82) is 0 Å². The summed E-state index contributed by atoms with van der Waals surface area (Å²) in [6.07, 6.45) is 4.50. The lowest BCUT2D eigenvalue weighted by atomic mass is 10.2. The van der Waals surface area contributed by atoms with Crippen LogP contribution in [0.15, 0.2) is 67.1 Å². The Labute approximate surface area is 151 Å². The predicted molar refractivity (Wildman–Crippen MR) is 98.4 cm³/mol. The lowest BCUT2D eigenvalue weighted by Gasteiger charge is -2.13. The van der Waals surface area contributed by atoms with Gasteiger partial charge >= 0.3 is 6.03 Å². The van der Waals surface area contributed by atoms with E-state index in [1.807, 2.05) is 36.4 Å². The fourth-order valence-electron chi connectivity index (χ4n) is 2.21. The molecule has 0 unspecified atom stereocenters. The maximum absolute atomic E-state index is 12.1. The van der Waals surface area contributed by atoms with Gasteiger partial charge in [-0.2, -0.15) is 0 Å². The first-order chi connectivity index (χ1) is 12.7. The number of para-hydroxylation sites is 2. The van der Waals surface area contributed by atoms with Crippen molar-refractivity contribution in [3.05, 3.63) is 72.7 Å². The number of methoxy groups -OCH3 is 1. The number of aromatic nitrogens is 2. The van der Waals surface area contributed by atoms with Crippen molar-refractivity contribution in [3.8, 4) is 11.5 Å². The maximum Gasteiger partial charge on any atom is 0.324 e. The zero-order valence-corrected chi connectivity index (χ0v) is 14.2. The zero-order valence-electron chi connectivity index (χ0n) is 14.2. The van der Waals surface area contributed by atoms with Gasteiger partial charge in [-0.25, -0.2) is 9.78 Å². The lowest BCUT2D eigenvalue weighted by Crippen LogP contribution is -2.20. The van der Waals surface area contributed by atoms with Gasteiger partial charge < -0.3 is 14.8 Å². The minimum atomic E-state index is -0.425. The highest BCUT2D eigenvalue weighted by Crippen LogP contribution is 2.25. The van der Waals surface area contributed by atoms with Gasteiger partial charge in [-0.05, 0) is 29.8 Å². The Bertz CT molecular complexity index is 854. The summed E-state index contributed by atoms with van der Waals surface area (Å²) in [5.41, 5.74) is 1.55. The molecule has 3 aromatic rings. The maximum atomic E-state index is 12.1. The van der Waals surface area contributed by atoms with E-state index in [1.54, 1.807) is 19.2 Å². The van der Waals surface area contributed by atoms with Gasteiger partial charge in [-0.15, -0.1) is 0 Å². The molecule has 2 aromatic carbocycles. The number of nitrogens with one attached hydrogen (secondary N) is 2. The van der Waals surface area contributed by atoms with Crippen molar-refractivity contribution < 1.29 is 14.3 Å². The summed E-state index contributed by atoms with van der Waals surface area (Å²) in [7, 11) is 1.62. The highest BCUT2D eigenvalue weighted by molar-refractivity contribution is 5.99. The summed E-state index contributed by atoms with van der Waals surface area (Å²) >= 11 is 0. The number of nitrogens with zero attached hydrogens (tertiary/aromatic N) is 2. The summed E-state index contributed by atoms with van der Waals surface area (Å²) < 4.78 is 11.0. The molecular weight excluding hydrogens is 332 g/mol. The Morgan fingerprint density at radius 2 is 1.85 bits per heavy atom. The second kappa shape index (κ2) is 8.48. The topological polar surface area (TPSA) is 85.4 Å². The van der Waals surface area contributed by atoms with Crippen molar-refractivity contribution in [3.63, 3.8) is 0 Å². The van der Waals surface area contributed by atoms with Crippen LogP contribution in [0, 0.1) is 0 Å². The van der Waals surface area contributed by atoms with Gasteiger partial charge in [0.1, 0.15) is 18.1 Å². The second-order valence-corrected chi connectivity index (χ2v) is 5.30. The molecule has 2 amide bonds. The fourth-order valence-corrected chi connectivity index (χ4v) is 2.21. The first kappa shape index (κ1) is 17.2. The molecule has 26 heavy (non-hydrogen) atoms. The molecule has 0 saturated heterocycles. The molecule has 3 rings (SSSR count). The number of hydrogen-bond donors (Lipinski definition) is 2. The number of carbonyl (C=O) groups excluding carboxylic acids is 1. The van der Waals surface area contributed by atoms with E-state index < -0.39 is 6.03 Å². The lowest BCUT2D eigenvalue weighted by molar-refractivity contribution is 0.261. The molecule has 132 valence electrons. The Morgan fingerprint density at radius 3 is 2.58 bits per heavy atom. The molecule has 0 spiro atoms. The molecule has 7 nitrogen and oxygen atoms in total. The van der Waals surface area contributed by atoms with Crippen LogP contribution in [0.4, 0.5) is 16.3 Å². The summed E-state index contributed by atoms with van der Waals surface area (Å²) in [5.74, 6) is 1.72. The van der Waals surface area contributed by atoms with Crippen LogP contribution < -0.4 is 20.1 Å². The third-order valence-electron chi connectivity index (χ3n) is 3.49. The standard InChI is InChI=1S/C19H18N4O3/c1-25-15-8-6-14(7-9-15)13-26-17-5-3-2-4-16(17)22-19(24)23-18-12-20-10-11-21-18/h2-12H,13H2,1H3,(H2,21,22,23,24). The number of urea groups is 1. The minimum absolute atomic E-state index is 0.363. The van der Waals surface area contributed by atoms with Gasteiger partial charge in [0.2, 0.25) is 0 Å². The average molecular weight is 350 g/mol. The second-order valence-electron chi connectivity index (χ2n) is 5.30. The summed E-state index contributed by atoms with van der Waals surface area (Å²) in [5, 5.41) is 5.36. The van der Waals surface area contributed by atoms with Gasteiger partial charge in [-0.1, -0.05) is 24.3 Å². The van der Waals surface area contributed by atoms with Gasteiger partial charge in [0.25, 0.3) is 0 Å². The van der Waals surface area contributed by atoms with Crippen molar-refractivity contribution in [2.45, 2.75) is 6.61 Å². The number of amides is 2. The third-order valence-corrected chi connectivity index (χ3v) is 3.49. The number of anilines is 2. The van der Waals surface area contributed by atoms with Gasteiger partial charge in [0.15, 0.2) is 5.82 Å². The van der Waals surface area contributed by atoms with Crippen LogP contribution in [0.1, 0.15) is 5.56 Å². The molecule has 7 heteroatoms. The van der Waals surface area contributed by atoms with Gasteiger partial charge in [0, 0.05) is 12.4 Å². The number of carbonyl (C=O) groups is 1. The Kier molecular flexibility index (Phi) is 5.61. The van der Waals surface area contributed by atoms with E-state index in [0.717, 1.165) is 11.3 Å². The van der Waals surface area contributed by atoms with Crippen LogP contribution in [-0.4, -0.2) is 23.1 Å². The highest BCUT2D eigenvalue weighted by Gasteiger charge is 2.08. The van der Waals surface area contributed by atoms with Gasteiger partial charge in [-0.3, -0.25) is 10.3 Å². The normalized spacial score (nSPS) is 10.0. The van der Waals surface area contributed by atoms with E-state index >= 15 is 0 Å². The van der Waals surface area contributed by atoms with Crippen molar-refractivity contribution in [2.75, 3.05) is 17.7 Å². The molecule has 0 radical (unpaired) electrons. The van der Waals surface area contributed by atoms with Crippen LogP contribution in [0.2, 0.25) is 0 Å². The molecule has 0 saturated carbocycles. The summed E-state index contributed by atoms with van der Waals surface area (Å²) in [6.45, 7) is 0.370. The smallest absolute Gasteiger partial charge is 0.324 e. The van der Waals surface area contributed by atoms with Crippen LogP contribution >= 0.6 is 0 Å². The molecule has 0 aliphatic rings. The zero-order chi connectivity index (χ0) is 18.2. The first-order valence-corrected chi connectivity index (χ1v) is 7.93. The number of ether oxygens (including phenoxy) is 2. The Balaban J connectivity index is 1.62. The highest BCUT2D eigenvalue weighted by atomic mass is 16.5. The van der Waals surface area contributed by atoms with E-state index in [-0.39, 0.29) is 0 Å². The Hall–Kier alpha value is -3.61. The quantitative estimate of drug-likeness (QED) is 0.708. The number of hydrogen-bond acceptors (Lipinski definition) is 5. The van der Waals surface area contributed by atoms with E-state index in [2.05, 4.69) is 20.6 Å². The fraction of sp³-hybridized carbons (Fsp3) is 0.105. The van der Waals surface area contributed by atoms with Crippen molar-refractivity contribution in [1.82, 2.24) is 9.97 Å². The Morgan fingerprint density at radius 1 is 1.04 bits per heavy atom. The van der Waals surface area contributed by atoms with E-state index in [9.17, 15) is 4.79 Å². The third kappa shape index (κ3) is 4.70. The van der Waals surface area contributed by atoms with Crippen molar-refractivity contribution >= 4 is 17.5 Å². The monoisotopic (exact) mass is 350 g/mol. The summed E-state index contributed by atoms with van der Waals surface area (Å²) in [4.78, 5) is 20.0. The molecule has 0 bridgehead atoms. The van der Waals surface area contributed by atoms with Crippen LogP contribution in [0.25, 0.3) is 0 Å². The first-order valence-electron chi connectivity index (χ1n) is 7.93. The van der Waals surface area contributed by atoms with Crippen LogP contribution in [0.5, 0.6) is 11.5 Å². The number of benzene rings is 2. The molecular formula is C19H18N4O3. The molecule has 2 N–H and O–H groups in total. The van der Waals surface area contributed by atoms with Crippen molar-refractivity contribution in [2.24, 2.45) is 0 Å². The van der Waals surface area contributed by atoms with E-state index in [0.29, 0.717) is 23.9 Å². The van der Waals surface area contributed by atoms with Crippen LogP contribution in [-0.2, 0) is 6.61 Å². The molecule has 0 aliphatic carbocycles. The van der Waals surface area contributed by atoms with Gasteiger partial charge in [0.05, 0.1) is 19.0 Å².